The van der Waals surface area contributed by atoms with E-state index in [1.807, 2.05) is 0 Å². The average Bonchev–Trinajstić information content (AvgIpc) is 3.43. The summed E-state index contributed by atoms with van der Waals surface area (Å²) in [7, 11) is 2.63. The Labute approximate surface area is 190 Å². The fourth-order valence-corrected chi connectivity index (χ4v) is 6.37. The van der Waals surface area contributed by atoms with Gasteiger partial charge in [-0.05, 0) is 44.5 Å². The molecule has 162 valence electrons. The normalized spacial score (nSPS) is 24.7. The molecule has 3 aliphatic carbocycles. The third kappa shape index (κ3) is 2.20. The van der Waals surface area contributed by atoms with Gasteiger partial charge in [0, 0.05) is 11.8 Å². The molecule has 2 heterocycles. The van der Waals surface area contributed by atoms with Gasteiger partial charge in [-0.25, -0.2) is 9.59 Å². The second-order valence-electron chi connectivity index (χ2n) is 8.94. The molecule has 2 aliphatic heterocycles. The van der Waals surface area contributed by atoms with E-state index in [9.17, 15) is 9.59 Å². The van der Waals surface area contributed by atoms with Gasteiger partial charge in [-0.3, -0.25) is 0 Å². The number of rotatable bonds is 2. The Bertz CT molecular complexity index is 1280. The van der Waals surface area contributed by atoms with Gasteiger partial charge in [-0.15, -0.1) is 0 Å². The van der Waals surface area contributed by atoms with Gasteiger partial charge in [0.2, 0.25) is 0 Å². The van der Waals surface area contributed by atoms with E-state index in [4.69, 9.17) is 14.2 Å². The number of esters is 2. The van der Waals surface area contributed by atoms with Crippen LogP contribution >= 0.6 is 0 Å². The summed E-state index contributed by atoms with van der Waals surface area (Å²) in [6.07, 6.45) is -1.24. The first-order valence-corrected chi connectivity index (χ1v) is 11.1. The predicted octanol–water partition coefficient (Wildman–Crippen LogP) is 4.44. The zero-order valence-electron chi connectivity index (χ0n) is 18.1. The smallest absolute Gasteiger partial charge is 0.337 e. The van der Waals surface area contributed by atoms with Gasteiger partial charge < -0.3 is 14.2 Å². The van der Waals surface area contributed by atoms with Crippen LogP contribution in [0.2, 0.25) is 0 Å². The van der Waals surface area contributed by atoms with E-state index in [0.29, 0.717) is 0 Å². The first-order chi connectivity index (χ1) is 16.1. The van der Waals surface area contributed by atoms with Crippen LogP contribution in [0.4, 0.5) is 0 Å². The molecule has 4 bridgehead atoms. The fraction of sp³-hybridized carbons (Fsp3) is 0.214. The van der Waals surface area contributed by atoms with E-state index in [0.717, 1.165) is 11.1 Å². The molecular formula is C28H20O5. The van der Waals surface area contributed by atoms with E-state index in [-0.39, 0.29) is 23.0 Å². The number of carbonyl (C=O) groups excluding carboxylic acids is 2. The largest absolute Gasteiger partial charge is 0.466 e. The van der Waals surface area contributed by atoms with Crippen molar-refractivity contribution < 1.29 is 23.8 Å². The first-order valence-electron chi connectivity index (χ1n) is 11.1. The number of hydrogen-bond acceptors (Lipinski definition) is 5. The van der Waals surface area contributed by atoms with Crippen molar-refractivity contribution in [2.24, 2.45) is 0 Å². The lowest BCUT2D eigenvalue weighted by Crippen LogP contribution is -2.28. The number of fused-ring (bicyclic) bond motifs is 5. The van der Waals surface area contributed by atoms with Crippen molar-refractivity contribution in [2.75, 3.05) is 14.2 Å². The molecule has 5 aliphatic rings. The maximum Gasteiger partial charge on any atom is 0.337 e. The Morgan fingerprint density at radius 3 is 1.30 bits per heavy atom. The van der Waals surface area contributed by atoms with Crippen molar-refractivity contribution >= 4 is 11.9 Å². The van der Waals surface area contributed by atoms with Crippen LogP contribution in [0.1, 0.15) is 68.6 Å². The van der Waals surface area contributed by atoms with E-state index in [2.05, 4.69) is 60.7 Å². The number of hydrogen-bond donors (Lipinski definition) is 0. The highest BCUT2D eigenvalue weighted by Gasteiger charge is 2.52. The van der Waals surface area contributed by atoms with Crippen LogP contribution in [0.25, 0.3) is 0 Å². The van der Waals surface area contributed by atoms with Crippen LogP contribution in [0.5, 0.6) is 0 Å². The Hall–Kier alpha value is -3.70. The number of carbonyl (C=O) groups is 2. The summed E-state index contributed by atoms with van der Waals surface area (Å²) in [5.41, 5.74) is 10.2. The molecular weight excluding hydrogens is 416 g/mol. The number of methoxy groups -OCH3 is 2. The minimum Gasteiger partial charge on any atom is -0.466 e. The zero-order valence-corrected chi connectivity index (χ0v) is 18.1. The van der Waals surface area contributed by atoms with Crippen molar-refractivity contribution in [1.82, 2.24) is 0 Å². The van der Waals surface area contributed by atoms with Gasteiger partial charge in [0.05, 0.1) is 25.4 Å². The first kappa shape index (κ1) is 18.8. The zero-order chi connectivity index (χ0) is 22.4. The molecule has 33 heavy (non-hydrogen) atoms. The summed E-state index contributed by atoms with van der Waals surface area (Å²) < 4.78 is 16.2. The quantitative estimate of drug-likeness (QED) is 0.383. The molecule has 2 unspecified atom stereocenters. The van der Waals surface area contributed by atoms with Gasteiger partial charge in [0.1, 0.15) is 12.2 Å². The van der Waals surface area contributed by atoms with Crippen LogP contribution < -0.4 is 0 Å². The minimum atomic E-state index is -0.622. The second-order valence-corrected chi connectivity index (χ2v) is 8.94. The SMILES string of the molecule is COC(=O)C1=C(C(=O)OC)C2OC1c1cc3c(cc12)C1c2ccccc2C3c2ccccc21. The van der Waals surface area contributed by atoms with Gasteiger partial charge >= 0.3 is 11.9 Å². The summed E-state index contributed by atoms with van der Waals surface area (Å²) >= 11 is 0. The molecule has 2 atom stereocenters. The fourth-order valence-electron chi connectivity index (χ4n) is 6.37. The molecule has 0 fully saturated rings. The Balaban J connectivity index is 1.46. The van der Waals surface area contributed by atoms with Gasteiger partial charge in [-0.1, -0.05) is 60.7 Å². The Morgan fingerprint density at radius 1 is 0.606 bits per heavy atom. The highest BCUT2D eigenvalue weighted by molar-refractivity contribution is 6.04. The highest BCUT2D eigenvalue weighted by atomic mass is 16.5. The van der Waals surface area contributed by atoms with Crippen molar-refractivity contribution in [1.29, 1.82) is 0 Å². The molecule has 0 radical (unpaired) electrons. The molecule has 0 aromatic heterocycles. The van der Waals surface area contributed by atoms with Crippen LogP contribution in [-0.4, -0.2) is 26.2 Å². The maximum absolute atomic E-state index is 12.6. The molecule has 5 heteroatoms. The summed E-state index contributed by atoms with van der Waals surface area (Å²) in [6, 6.07) is 21.7. The lowest BCUT2D eigenvalue weighted by Gasteiger charge is -2.42. The Kier molecular flexibility index (Phi) is 3.67. The maximum atomic E-state index is 12.6. The topological polar surface area (TPSA) is 61.8 Å². The lowest BCUT2D eigenvalue weighted by atomic mass is 9.60. The molecule has 8 rings (SSSR count). The lowest BCUT2D eigenvalue weighted by molar-refractivity contribution is -0.139. The minimum absolute atomic E-state index is 0.132. The molecule has 0 amide bonds. The molecule has 0 spiro atoms. The number of benzene rings is 3. The molecule has 5 nitrogen and oxygen atoms in total. The van der Waals surface area contributed by atoms with Gasteiger partial charge in [0.15, 0.2) is 0 Å². The van der Waals surface area contributed by atoms with Crippen LogP contribution in [-0.2, 0) is 23.8 Å². The summed E-state index contributed by atoms with van der Waals surface area (Å²) in [6.45, 7) is 0. The van der Waals surface area contributed by atoms with Gasteiger partial charge in [0.25, 0.3) is 0 Å². The van der Waals surface area contributed by atoms with E-state index in [1.165, 1.54) is 47.6 Å². The molecule has 3 aromatic rings. The molecule has 0 saturated heterocycles. The van der Waals surface area contributed by atoms with Crippen molar-refractivity contribution in [3.63, 3.8) is 0 Å². The van der Waals surface area contributed by atoms with Crippen molar-refractivity contribution in [3.05, 3.63) is 116 Å². The third-order valence-electron chi connectivity index (χ3n) is 7.61. The highest BCUT2D eigenvalue weighted by Crippen LogP contribution is 2.60. The van der Waals surface area contributed by atoms with Gasteiger partial charge in [-0.2, -0.15) is 0 Å². The van der Waals surface area contributed by atoms with E-state index in [1.54, 1.807) is 0 Å². The molecule has 3 aromatic carbocycles. The van der Waals surface area contributed by atoms with E-state index >= 15 is 0 Å². The standard InChI is InChI=1S/C28H20O5/c1-31-27(29)23-24(28(30)32-2)26-20-12-18-17(11-19(20)25(23)33-26)21-13-7-3-5-9-15(13)22(18)16-10-6-4-8-14(16)21/h3-12,21-22,25-26H,1-2H3. The van der Waals surface area contributed by atoms with Crippen molar-refractivity contribution in [2.45, 2.75) is 24.0 Å². The van der Waals surface area contributed by atoms with Crippen LogP contribution in [0.15, 0.2) is 71.8 Å². The summed E-state index contributed by atoms with van der Waals surface area (Å²) in [4.78, 5) is 25.2. The van der Waals surface area contributed by atoms with Crippen LogP contribution in [0, 0.1) is 0 Å². The van der Waals surface area contributed by atoms with E-state index < -0.39 is 24.1 Å². The van der Waals surface area contributed by atoms with Crippen molar-refractivity contribution in [3.8, 4) is 0 Å². The molecule has 0 saturated carbocycles. The van der Waals surface area contributed by atoms with Crippen LogP contribution in [0.3, 0.4) is 0 Å². The monoisotopic (exact) mass is 436 g/mol. The Morgan fingerprint density at radius 2 is 0.970 bits per heavy atom. The predicted molar refractivity (Wildman–Crippen MR) is 119 cm³/mol. The average molecular weight is 436 g/mol. The summed E-state index contributed by atoms with van der Waals surface area (Å²) in [5, 5.41) is 0. The number of ether oxygens (including phenoxy) is 3. The third-order valence-corrected chi connectivity index (χ3v) is 7.61. The summed E-state index contributed by atoms with van der Waals surface area (Å²) in [5.74, 6) is -0.841. The second kappa shape index (κ2) is 6.42. The molecule has 0 N–H and O–H groups in total.